The number of hydrogen-bond acceptors (Lipinski definition) is 4. The van der Waals surface area contributed by atoms with E-state index in [4.69, 9.17) is 4.74 Å². The number of benzene rings is 1. The Labute approximate surface area is 118 Å². The lowest BCUT2D eigenvalue weighted by Crippen LogP contribution is -2.28. The Morgan fingerprint density at radius 3 is 2.75 bits per heavy atom. The second-order valence-electron chi connectivity index (χ2n) is 4.21. The lowest BCUT2D eigenvalue weighted by atomic mass is 10.3. The molecule has 1 rings (SSSR count). The van der Waals surface area contributed by atoms with Crippen LogP contribution in [0.25, 0.3) is 0 Å². The van der Waals surface area contributed by atoms with E-state index in [1.54, 1.807) is 31.3 Å². The first kappa shape index (κ1) is 16.0. The summed E-state index contributed by atoms with van der Waals surface area (Å²) < 4.78 is 5.30. The van der Waals surface area contributed by atoms with Gasteiger partial charge in [-0.05, 0) is 25.1 Å². The molecule has 0 radical (unpaired) electrons. The maximum Gasteiger partial charge on any atom is 0.257 e. The second-order valence-corrected chi connectivity index (χ2v) is 4.21. The molecule has 20 heavy (non-hydrogen) atoms. The SMILES string of the molecule is CCCNCC(=O)Nc1cccc(OCC(=O)NC)c1. The quantitative estimate of drug-likeness (QED) is 0.614. The standard InChI is InChI=1S/C14H21N3O3/c1-3-7-16-9-13(18)17-11-5-4-6-12(8-11)20-10-14(19)15-2/h4-6,8,16H,3,7,9-10H2,1-2H3,(H,15,19)(H,17,18). The van der Waals surface area contributed by atoms with Crippen molar-refractivity contribution in [2.45, 2.75) is 13.3 Å². The van der Waals surface area contributed by atoms with E-state index in [-0.39, 0.29) is 25.0 Å². The first-order chi connectivity index (χ1) is 9.65. The van der Waals surface area contributed by atoms with Crippen molar-refractivity contribution in [1.82, 2.24) is 10.6 Å². The van der Waals surface area contributed by atoms with Gasteiger partial charge in [-0.2, -0.15) is 0 Å². The van der Waals surface area contributed by atoms with Crippen LogP contribution in [0, 0.1) is 0 Å². The zero-order valence-electron chi connectivity index (χ0n) is 11.9. The molecule has 6 heteroatoms. The van der Waals surface area contributed by atoms with E-state index in [1.165, 1.54) is 0 Å². The monoisotopic (exact) mass is 279 g/mol. The third-order valence-corrected chi connectivity index (χ3v) is 2.48. The van der Waals surface area contributed by atoms with E-state index in [0.29, 0.717) is 11.4 Å². The molecule has 110 valence electrons. The molecule has 0 bridgehead atoms. The van der Waals surface area contributed by atoms with Crippen molar-refractivity contribution in [2.75, 3.05) is 32.1 Å². The number of carbonyl (C=O) groups is 2. The average molecular weight is 279 g/mol. The van der Waals surface area contributed by atoms with Crippen LogP contribution in [0.2, 0.25) is 0 Å². The number of ether oxygens (including phenoxy) is 1. The first-order valence-corrected chi connectivity index (χ1v) is 6.59. The molecule has 3 N–H and O–H groups in total. The molecule has 0 aliphatic carbocycles. The van der Waals surface area contributed by atoms with Gasteiger partial charge in [-0.15, -0.1) is 0 Å². The summed E-state index contributed by atoms with van der Waals surface area (Å²) in [6.45, 7) is 3.07. The third kappa shape index (κ3) is 6.19. The Bertz CT molecular complexity index is 449. The maximum absolute atomic E-state index is 11.6. The normalized spacial score (nSPS) is 9.90. The molecule has 0 unspecified atom stereocenters. The molecular weight excluding hydrogens is 258 g/mol. The molecule has 0 saturated carbocycles. The van der Waals surface area contributed by atoms with Crippen molar-refractivity contribution in [3.8, 4) is 5.75 Å². The number of carbonyl (C=O) groups excluding carboxylic acids is 2. The van der Waals surface area contributed by atoms with E-state index >= 15 is 0 Å². The second kappa shape index (κ2) is 8.92. The number of anilines is 1. The van der Waals surface area contributed by atoms with Gasteiger partial charge in [-0.3, -0.25) is 9.59 Å². The molecule has 0 saturated heterocycles. The average Bonchev–Trinajstić information content (AvgIpc) is 2.45. The van der Waals surface area contributed by atoms with Crippen LogP contribution in [0.4, 0.5) is 5.69 Å². The molecule has 0 aromatic heterocycles. The number of amides is 2. The van der Waals surface area contributed by atoms with Crippen LogP contribution in [-0.4, -0.2) is 38.6 Å². The van der Waals surface area contributed by atoms with Gasteiger partial charge in [0.2, 0.25) is 5.91 Å². The highest BCUT2D eigenvalue weighted by molar-refractivity contribution is 5.92. The molecule has 0 aliphatic rings. The Morgan fingerprint density at radius 1 is 1.25 bits per heavy atom. The molecule has 0 fully saturated rings. The van der Waals surface area contributed by atoms with Crippen LogP contribution >= 0.6 is 0 Å². The highest BCUT2D eigenvalue weighted by atomic mass is 16.5. The fraction of sp³-hybridized carbons (Fsp3) is 0.429. The summed E-state index contributed by atoms with van der Waals surface area (Å²) in [5.41, 5.74) is 0.641. The number of hydrogen-bond donors (Lipinski definition) is 3. The first-order valence-electron chi connectivity index (χ1n) is 6.59. The van der Waals surface area contributed by atoms with Gasteiger partial charge in [-0.1, -0.05) is 13.0 Å². The van der Waals surface area contributed by atoms with E-state index in [9.17, 15) is 9.59 Å². The van der Waals surface area contributed by atoms with Crippen LogP contribution in [0.15, 0.2) is 24.3 Å². The molecule has 2 amide bonds. The summed E-state index contributed by atoms with van der Waals surface area (Å²) >= 11 is 0. The van der Waals surface area contributed by atoms with Crippen LogP contribution in [0.1, 0.15) is 13.3 Å². The molecule has 1 aromatic carbocycles. The minimum absolute atomic E-state index is 0.0496. The van der Waals surface area contributed by atoms with Crippen molar-refractivity contribution >= 4 is 17.5 Å². The summed E-state index contributed by atoms with van der Waals surface area (Å²) in [5.74, 6) is 0.220. The van der Waals surface area contributed by atoms with Crippen molar-refractivity contribution in [1.29, 1.82) is 0 Å². The van der Waals surface area contributed by atoms with Gasteiger partial charge in [0.1, 0.15) is 5.75 Å². The van der Waals surface area contributed by atoms with Crippen molar-refractivity contribution in [3.05, 3.63) is 24.3 Å². The maximum atomic E-state index is 11.6. The van der Waals surface area contributed by atoms with E-state index in [1.807, 2.05) is 6.92 Å². The van der Waals surface area contributed by atoms with Gasteiger partial charge < -0.3 is 20.7 Å². The van der Waals surface area contributed by atoms with Crippen molar-refractivity contribution in [3.63, 3.8) is 0 Å². The zero-order chi connectivity index (χ0) is 14.8. The number of likely N-dealkylation sites (N-methyl/N-ethyl adjacent to an activating group) is 1. The van der Waals surface area contributed by atoms with E-state index in [0.717, 1.165) is 13.0 Å². The Hall–Kier alpha value is -2.08. The molecular formula is C14H21N3O3. The Morgan fingerprint density at radius 2 is 2.05 bits per heavy atom. The van der Waals surface area contributed by atoms with Crippen LogP contribution in [-0.2, 0) is 9.59 Å². The molecule has 0 aliphatic heterocycles. The van der Waals surface area contributed by atoms with Gasteiger partial charge >= 0.3 is 0 Å². The molecule has 0 atom stereocenters. The van der Waals surface area contributed by atoms with Gasteiger partial charge in [0.25, 0.3) is 5.91 Å². The molecule has 1 aromatic rings. The van der Waals surface area contributed by atoms with Crippen LogP contribution in [0.5, 0.6) is 5.75 Å². The summed E-state index contributed by atoms with van der Waals surface area (Å²) in [6.07, 6.45) is 0.982. The van der Waals surface area contributed by atoms with Crippen LogP contribution in [0.3, 0.4) is 0 Å². The Balaban J connectivity index is 2.46. The van der Waals surface area contributed by atoms with Gasteiger partial charge in [0.05, 0.1) is 6.54 Å². The minimum Gasteiger partial charge on any atom is -0.484 e. The Kier molecular flexibility index (Phi) is 7.13. The lowest BCUT2D eigenvalue weighted by molar-refractivity contribution is -0.122. The van der Waals surface area contributed by atoms with Gasteiger partial charge in [0, 0.05) is 18.8 Å². The van der Waals surface area contributed by atoms with Crippen molar-refractivity contribution < 1.29 is 14.3 Å². The predicted octanol–water partition coefficient (Wildman–Crippen LogP) is 0.749. The smallest absolute Gasteiger partial charge is 0.257 e. The fourth-order valence-corrected chi connectivity index (χ4v) is 1.47. The van der Waals surface area contributed by atoms with Gasteiger partial charge in [-0.25, -0.2) is 0 Å². The fourth-order valence-electron chi connectivity index (χ4n) is 1.47. The topological polar surface area (TPSA) is 79.5 Å². The van der Waals surface area contributed by atoms with E-state index in [2.05, 4.69) is 16.0 Å². The van der Waals surface area contributed by atoms with Crippen LogP contribution < -0.4 is 20.7 Å². The molecule has 0 spiro atoms. The third-order valence-electron chi connectivity index (χ3n) is 2.48. The van der Waals surface area contributed by atoms with Gasteiger partial charge in [0.15, 0.2) is 6.61 Å². The lowest BCUT2D eigenvalue weighted by Gasteiger charge is -2.09. The summed E-state index contributed by atoms with van der Waals surface area (Å²) in [6, 6.07) is 6.94. The summed E-state index contributed by atoms with van der Waals surface area (Å²) in [4.78, 5) is 22.7. The zero-order valence-corrected chi connectivity index (χ0v) is 11.9. The molecule has 6 nitrogen and oxygen atoms in total. The largest absolute Gasteiger partial charge is 0.484 e. The predicted molar refractivity (Wildman–Crippen MR) is 77.8 cm³/mol. The summed E-state index contributed by atoms with van der Waals surface area (Å²) in [5, 5.41) is 8.25. The van der Waals surface area contributed by atoms with E-state index < -0.39 is 0 Å². The minimum atomic E-state index is -0.205. The summed E-state index contributed by atoms with van der Waals surface area (Å²) in [7, 11) is 1.55. The van der Waals surface area contributed by atoms with Crippen molar-refractivity contribution in [2.24, 2.45) is 0 Å². The highest BCUT2D eigenvalue weighted by Crippen LogP contribution is 2.17. The molecule has 0 heterocycles. The number of nitrogens with one attached hydrogen (secondary N) is 3. The number of rotatable bonds is 8. The highest BCUT2D eigenvalue weighted by Gasteiger charge is 2.04.